The monoisotopic (exact) mass is 516 g/mol. The van der Waals surface area contributed by atoms with E-state index in [1.165, 1.54) is 3.96 Å². The zero-order valence-corrected chi connectivity index (χ0v) is 20.4. The second-order valence-electron chi connectivity index (χ2n) is 6.09. The van der Waals surface area contributed by atoms with Gasteiger partial charge in [-0.25, -0.2) is 0 Å². The normalized spacial score (nSPS) is 21.4. The topological polar surface area (TPSA) is 54.9 Å². The second-order valence-corrected chi connectivity index (χ2v) is 15.7. The van der Waals surface area contributed by atoms with E-state index in [2.05, 4.69) is 20.1 Å². The third-order valence-corrected chi connectivity index (χ3v) is 14.6. The fourth-order valence-electron chi connectivity index (χ4n) is 2.56. The van der Waals surface area contributed by atoms with Gasteiger partial charge in [0, 0.05) is 17.1 Å². The second kappa shape index (κ2) is 10.0. The minimum Gasteiger partial charge on any atom is -0.337 e. The van der Waals surface area contributed by atoms with Crippen molar-refractivity contribution in [1.29, 1.82) is 0 Å². The van der Waals surface area contributed by atoms with Crippen LogP contribution >= 0.6 is 56.9 Å². The zero-order chi connectivity index (χ0) is 21.0. The molecule has 1 aliphatic rings. The lowest BCUT2D eigenvalue weighted by molar-refractivity contribution is 0.817. The van der Waals surface area contributed by atoms with Crippen LogP contribution in [0.2, 0.25) is 0 Å². The van der Waals surface area contributed by atoms with Crippen molar-refractivity contribution in [3.8, 4) is 0 Å². The number of nitrogens with one attached hydrogen (secondary N) is 3. The summed E-state index contributed by atoms with van der Waals surface area (Å²) in [5, 5.41) is 6.92. The Labute approximate surface area is 193 Å². The summed E-state index contributed by atoms with van der Waals surface area (Å²) in [6.07, 6.45) is 0. The van der Waals surface area contributed by atoms with Gasteiger partial charge >= 0.3 is 0 Å². The van der Waals surface area contributed by atoms with E-state index in [0.717, 1.165) is 17.1 Å². The number of anilines is 3. The van der Waals surface area contributed by atoms with E-state index in [0.29, 0.717) is 0 Å². The highest BCUT2D eigenvalue weighted by molar-refractivity contribution is 8.14. The fourth-order valence-corrected chi connectivity index (χ4v) is 11.9. The van der Waals surface area contributed by atoms with Gasteiger partial charge in [-0.05, 0) is 70.7 Å². The molecule has 0 aliphatic carbocycles. The lowest BCUT2D eigenvalue weighted by Crippen LogP contribution is -2.30. The van der Waals surface area contributed by atoms with Crippen LogP contribution < -0.4 is 15.6 Å². The van der Waals surface area contributed by atoms with Crippen molar-refractivity contribution in [2.75, 3.05) is 15.6 Å². The lowest BCUT2D eigenvalue weighted by atomic mass is 10.3. The summed E-state index contributed by atoms with van der Waals surface area (Å²) in [5.41, 5.74) is 6.15. The molecule has 30 heavy (non-hydrogen) atoms. The summed E-state index contributed by atoms with van der Waals surface area (Å²) >= 11 is 19.9. The standard InChI is InChI=1S/C18H18Cl3N6P3/c19-26-29(24-18-14-8-3-9-15-18)27(22-16-10-4-1-5-11-16)28(25-30(26,20)21)23-17-12-6-2-7-13-17/h1-15,22-24H. The molecule has 2 atom stereocenters. The molecule has 0 fully saturated rings. The van der Waals surface area contributed by atoms with Crippen LogP contribution in [-0.2, 0) is 0 Å². The lowest BCUT2D eigenvalue weighted by Gasteiger charge is -2.43. The average molecular weight is 518 g/mol. The Hall–Kier alpha value is -1.06. The molecule has 0 spiro atoms. The molecule has 0 saturated heterocycles. The molecule has 0 amide bonds. The highest BCUT2D eigenvalue weighted by Crippen LogP contribution is 2.82. The van der Waals surface area contributed by atoms with Gasteiger partial charge in [-0.15, -0.1) is 8.51 Å². The maximum atomic E-state index is 6.65. The first kappa shape index (κ1) is 22.1. The molecule has 1 aliphatic heterocycles. The molecule has 0 radical (unpaired) electrons. The quantitative estimate of drug-likeness (QED) is 0.225. The number of nitrogens with zero attached hydrogens (tertiary/aromatic N) is 3. The Morgan fingerprint density at radius 1 is 0.700 bits per heavy atom. The van der Waals surface area contributed by atoms with Gasteiger partial charge in [-0.3, -0.25) is 0 Å². The molecule has 0 bridgehead atoms. The van der Waals surface area contributed by atoms with Crippen LogP contribution in [0.4, 0.5) is 17.1 Å². The predicted molar refractivity (Wildman–Crippen MR) is 135 cm³/mol. The van der Waals surface area contributed by atoms with Crippen molar-refractivity contribution in [3.05, 3.63) is 91.0 Å². The number of hydrazine groups is 1. The summed E-state index contributed by atoms with van der Waals surface area (Å²) in [5.74, 6) is -2.94. The van der Waals surface area contributed by atoms with Gasteiger partial charge in [0.1, 0.15) is 0 Å². The largest absolute Gasteiger partial charge is 0.337 e. The maximum Gasteiger partial charge on any atom is 0.232 e. The van der Waals surface area contributed by atoms with Crippen LogP contribution in [0.25, 0.3) is 0 Å². The van der Waals surface area contributed by atoms with E-state index in [4.69, 9.17) is 34.3 Å². The van der Waals surface area contributed by atoms with Gasteiger partial charge in [-0.2, -0.15) is 4.52 Å². The Morgan fingerprint density at radius 3 is 1.70 bits per heavy atom. The number of benzene rings is 3. The Morgan fingerprint density at radius 2 is 1.17 bits per heavy atom. The molecular weight excluding hydrogens is 500 g/mol. The molecule has 1 heterocycles. The van der Waals surface area contributed by atoms with Crippen LogP contribution in [0.5, 0.6) is 0 Å². The third kappa shape index (κ3) is 5.40. The minimum absolute atomic E-state index is 0.900. The molecule has 156 valence electrons. The van der Waals surface area contributed by atoms with E-state index in [9.17, 15) is 0 Å². The van der Waals surface area contributed by atoms with Gasteiger partial charge in [0.2, 0.25) is 14.3 Å². The Kier molecular flexibility index (Phi) is 7.41. The molecule has 0 aromatic heterocycles. The summed E-state index contributed by atoms with van der Waals surface area (Å²) in [6.45, 7) is 0. The van der Waals surface area contributed by atoms with Crippen molar-refractivity contribution >= 4 is 74.0 Å². The van der Waals surface area contributed by atoms with E-state index in [-0.39, 0.29) is 0 Å². The van der Waals surface area contributed by atoms with Gasteiger partial charge in [0.25, 0.3) is 0 Å². The van der Waals surface area contributed by atoms with Crippen molar-refractivity contribution in [3.63, 3.8) is 0 Å². The van der Waals surface area contributed by atoms with Crippen LogP contribution in [0.3, 0.4) is 0 Å². The fraction of sp³-hybridized carbons (Fsp3) is 0. The number of rotatable bonds is 6. The molecule has 3 aromatic carbocycles. The van der Waals surface area contributed by atoms with E-state index in [1.807, 2.05) is 95.5 Å². The van der Waals surface area contributed by atoms with E-state index in [1.54, 1.807) is 0 Å². The summed E-state index contributed by atoms with van der Waals surface area (Å²) in [6, 6.07) is 29.5. The molecule has 6 nitrogen and oxygen atoms in total. The first-order valence-corrected chi connectivity index (χ1v) is 15.2. The van der Waals surface area contributed by atoms with Crippen LogP contribution in [0.15, 0.2) is 95.5 Å². The van der Waals surface area contributed by atoms with E-state index < -0.39 is 22.7 Å². The third-order valence-electron chi connectivity index (χ3n) is 3.91. The van der Waals surface area contributed by atoms with Crippen molar-refractivity contribution < 1.29 is 0 Å². The molecule has 12 heteroatoms. The Bertz CT molecular complexity index is 1010. The summed E-state index contributed by atoms with van der Waals surface area (Å²) in [4.78, 5) is 0. The number of hydrogen-bond donors (Lipinski definition) is 3. The van der Waals surface area contributed by atoms with Crippen LogP contribution in [0, 0.1) is 0 Å². The molecule has 4 rings (SSSR count). The molecule has 3 N–H and O–H groups in total. The van der Waals surface area contributed by atoms with Crippen molar-refractivity contribution in [2.45, 2.75) is 0 Å². The highest BCUT2D eigenvalue weighted by atomic mass is 35.9. The van der Waals surface area contributed by atoms with Gasteiger partial charge in [-0.1, -0.05) is 54.6 Å². The average Bonchev–Trinajstić information content (AvgIpc) is 2.76. The molecule has 0 saturated carbocycles. The SMILES string of the molecule is ClN1P(Nc2ccccc2)N(Nc2ccccc2)P(Nc2ccccc2)N=P1(Cl)Cl. The van der Waals surface area contributed by atoms with Crippen LogP contribution in [-0.4, -0.2) is 8.51 Å². The van der Waals surface area contributed by atoms with Gasteiger partial charge < -0.3 is 15.6 Å². The van der Waals surface area contributed by atoms with E-state index >= 15 is 0 Å². The summed E-state index contributed by atoms with van der Waals surface area (Å²) < 4.78 is 8.07. The van der Waals surface area contributed by atoms with Gasteiger partial charge in [0.05, 0.1) is 0 Å². The molecule has 2 unspecified atom stereocenters. The van der Waals surface area contributed by atoms with Gasteiger partial charge in [0.15, 0.2) is 8.37 Å². The molecular formula is C18H18Cl3N6P3. The highest BCUT2D eigenvalue weighted by Gasteiger charge is 2.45. The number of hydrogen-bond acceptors (Lipinski definition) is 6. The zero-order valence-electron chi connectivity index (χ0n) is 15.5. The number of halogens is 3. The Balaban J connectivity index is 1.72. The van der Waals surface area contributed by atoms with Crippen LogP contribution in [0.1, 0.15) is 0 Å². The van der Waals surface area contributed by atoms with Crippen molar-refractivity contribution in [2.24, 2.45) is 4.52 Å². The molecule has 3 aromatic rings. The predicted octanol–water partition coefficient (Wildman–Crippen LogP) is 8.89. The number of para-hydroxylation sites is 3. The minimum atomic E-state index is -2.94. The maximum absolute atomic E-state index is 6.65. The first-order valence-electron chi connectivity index (χ1n) is 8.86. The first-order chi connectivity index (χ1) is 14.5. The summed E-state index contributed by atoms with van der Waals surface area (Å²) in [7, 11) is -2.75. The van der Waals surface area contributed by atoms with Crippen molar-refractivity contribution in [1.82, 2.24) is 8.51 Å². The smallest absolute Gasteiger partial charge is 0.232 e.